The summed E-state index contributed by atoms with van der Waals surface area (Å²) in [5.74, 6) is -0.422. The lowest BCUT2D eigenvalue weighted by Gasteiger charge is -2.17. The van der Waals surface area contributed by atoms with Gasteiger partial charge in [0.05, 0.1) is 23.3 Å². The van der Waals surface area contributed by atoms with Crippen LogP contribution in [-0.4, -0.2) is 29.3 Å². The fourth-order valence-corrected chi connectivity index (χ4v) is 3.16. The minimum absolute atomic E-state index is 0.112. The van der Waals surface area contributed by atoms with Crippen LogP contribution in [0.1, 0.15) is 39.0 Å². The van der Waals surface area contributed by atoms with E-state index in [4.69, 9.17) is 10.5 Å². The van der Waals surface area contributed by atoms with Crippen molar-refractivity contribution in [3.05, 3.63) is 70.3 Å². The first kappa shape index (κ1) is 18.2. The summed E-state index contributed by atoms with van der Waals surface area (Å²) < 4.78 is 0. The zero-order chi connectivity index (χ0) is 19.4. The third-order valence-electron chi connectivity index (χ3n) is 4.66. The Morgan fingerprint density at radius 3 is 2.44 bits per heavy atom. The Balaban J connectivity index is 1.64. The molecule has 0 radical (unpaired) electrons. The highest BCUT2D eigenvalue weighted by atomic mass is 16.2. The summed E-state index contributed by atoms with van der Waals surface area (Å²) in [6, 6.07) is 15.5. The van der Waals surface area contributed by atoms with Crippen LogP contribution in [0.5, 0.6) is 0 Å². The topological polar surface area (TPSA) is 97.0 Å². The first-order chi connectivity index (χ1) is 13.0. The van der Waals surface area contributed by atoms with Crippen LogP contribution < -0.4 is 5.32 Å². The maximum Gasteiger partial charge on any atom is 0.252 e. The highest BCUT2D eigenvalue weighted by Gasteiger charge is 2.33. The van der Waals surface area contributed by atoms with Crippen LogP contribution in [0.15, 0.2) is 42.5 Å². The predicted octanol–water partition coefficient (Wildman–Crippen LogP) is 2.27. The summed E-state index contributed by atoms with van der Waals surface area (Å²) in [4.78, 5) is 26.8. The Bertz CT molecular complexity index is 967. The van der Waals surface area contributed by atoms with Gasteiger partial charge < -0.3 is 10.2 Å². The van der Waals surface area contributed by atoms with Gasteiger partial charge in [-0.1, -0.05) is 12.1 Å². The fourth-order valence-electron chi connectivity index (χ4n) is 3.16. The van der Waals surface area contributed by atoms with Crippen LogP contribution in [0, 0.1) is 29.6 Å². The number of nitrogens with one attached hydrogen (secondary N) is 1. The second-order valence-electron chi connectivity index (χ2n) is 6.52. The monoisotopic (exact) mass is 358 g/mol. The lowest BCUT2D eigenvalue weighted by Crippen LogP contribution is -2.41. The van der Waals surface area contributed by atoms with Crippen molar-refractivity contribution in [1.29, 1.82) is 10.5 Å². The van der Waals surface area contributed by atoms with E-state index in [0.29, 0.717) is 41.8 Å². The smallest absolute Gasteiger partial charge is 0.252 e. The van der Waals surface area contributed by atoms with Gasteiger partial charge >= 0.3 is 0 Å². The number of carbonyl (C=O) groups excluding carboxylic acids is 2. The fraction of sp³-hybridized carbons (Fsp3) is 0.238. The normalized spacial score (nSPS) is 15.9. The van der Waals surface area contributed by atoms with Crippen molar-refractivity contribution in [3.8, 4) is 12.1 Å². The molecule has 2 amide bonds. The van der Waals surface area contributed by atoms with Gasteiger partial charge in [-0.2, -0.15) is 10.5 Å². The molecule has 0 saturated carbocycles. The second kappa shape index (κ2) is 7.72. The minimum atomic E-state index is -0.550. The van der Waals surface area contributed by atoms with E-state index in [2.05, 4.69) is 11.4 Å². The van der Waals surface area contributed by atoms with E-state index in [1.54, 1.807) is 42.2 Å². The molecule has 1 N–H and O–H groups in total. The first-order valence-electron chi connectivity index (χ1n) is 8.61. The van der Waals surface area contributed by atoms with Crippen LogP contribution in [0.3, 0.4) is 0 Å². The maximum absolute atomic E-state index is 12.6. The van der Waals surface area contributed by atoms with Gasteiger partial charge in [0.25, 0.3) is 5.91 Å². The lowest BCUT2D eigenvalue weighted by atomic mass is 10.0. The highest BCUT2D eigenvalue weighted by molar-refractivity contribution is 5.99. The molecule has 134 valence electrons. The molecule has 1 heterocycles. The standard InChI is InChI=1S/C21H18N4O2/c1-14-10-17(12-23)6-7-18(14)20(26)24-19-8-9-25(21(19)27)13-16-4-2-15(11-22)3-5-16/h2-7,10,19H,8-9,13H2,1H3,(H,24,26). The van der Waals surface area contributed by atoms with Gasteiger partial charge in [-0.3, -0.25) is 9.59 Å². The summed E-state index contributed by atoms with van der Waals surface area (Å²) in [5, 5.41) is 20.6. The van der Waals surface area contributed by atoms with Crippen molar-refractivity contribution in [2.24, 2.45) is 0 Å². The molecule has 0 aliphatic carbocycles. The lowest BCUT2D eigenvalue weighted by molar-refractivity contribution is -0.129. The van der Waals surface area contributed by atoms with Crippen molar-refractivity contribution in [2.45, 2.75) is 25.9 Å². The van der Waals surface area contributed by atoms with Crippen LogP contribution >= 0.6 is 0 Å². The van der Waals surface area contributed by atoms with Crippen molar-refractivity contribution >= 4 is 11.8 Å². The van der Waals surface area contributed by atoms with Gasteiger partial charge in [-0.15, -0.1) is 0 Å². The van der Waals surface area contributed by atoms with Crippen LogP contribution in [-0.2, 0) is 11.3 Å². The average molecular weight is 358 g/mol. The van der Waals surface area contributed by atoms with E-state index in [1.807, 2.05) is 18.2 Å². The molecule has 2 aromatic rings. The van der Waals surface area contributed by atoms with E-state index in [9.17, 15) is 9.59 Å². The zero-order valence-electron chi connectivity index (χ0n) is 14.9. The zero-order valence-corrected chi connectivity index (χ0v) is 14.9. The number of aryl methyl sites for hydroxylation is 1. The Hall–Kier alpha value is -3.64. The number of rotatable bonds is 4. The van der Waals surface area contributed by atoms with Gasteiger partial charge in [0.2, 0.25) is 5.91 Å². The molecule has 6 nitrogen and oxygen atoms in total. The van der Waals surface area contributed by atoms with Crippen molar-refractivity contribution in [2.75, 3.05) is 6.54 Å². The summed E-state index contributed by atoms with van der Waals surface area (Å²) in [6.45, 7) is 2.78. The molecule has 6 heteroatoms. The molecular weight excluding hydrogens is 340 g/mol. The molecule has 1 atom stereocenters. The number of carbonyl (C=O) groups is 2. The van der Waals surface area contributed by atoms with E-state index in [1.165, 1.54) is 0 Å². The van der Waals surface area contributed by atoms with Gasteiger partial charge in [0.1, 0.15) is 6.04 Å². The number of benzene rings is 2. The van der Waals surface area contributed by atoms with Crippen molar-refractivity contribution in [3.63, 3.8) is 0 Å². The summed E-state index contributed by atoms with van der Waals surface area (Å²) >= 11 is 0. The summed E-state index contributed by atoms with van der Waals surface area (Å²) in [7, 11) is 0. The molecule has 0 aromatic heterocycles. The van der Waals surface area contributed by atoms with Gasteiger partial charge in [0, 0.05) is 18.7 Å². The SMILES string of the molecule is Cc1cc(C#N)ccc1C(=O)NC1CCN(Cc2ccc(C#N)cc2)C1=O. The molecule has 0 spiro atoms. The molecule has 1 aliphatic heterocycles. The molecule has 1 fully saturated rings. The third-order valence-corrected chi connectivity index (χ3v) is 4.66. The molecule has 27 heavy (non-hydrogen) atoms. The quantitative estimate of drug-likeness (QED) is 0.906. The summed E-state index contributed by atoms with van der Waals surface area (Å²) in [5.41, 5.74) is 3.18. The largest absolute Gasteiger partial charge is 0.340 e. The Morgan fingerprint density at radius 2 is 1.81 bits per heavy atom. The number of amides is 2. The maximum atomic E-state index is 12.6. The first-order valence-corrected chi connectivity index (χ1v) is 8.61. The van der Waals surface area contributed by atoms with E-state index >= 15 is 0 Å². The van der Waals surface area contributed by atoms with Crippen LogP contribution in [0.4, 0.5) is 0 Å². The van der Waals surface area contributed by atoms with Gasteiger partial charge in [-0.05, 0) is 54.8 Å². The molecule has 1 saturated heterocycles. The van der Waals surface area contributed by atoms with Gasteiger partial charge in [0.15, 0.2) is 0 Å². The van der Waals surface area contributed by atoms with E-state index in [-0.39, 0.29) is 11.8 Å². The number of nitriles is 2. The van der Waals surface area contributed by atoms with Crippen molar-refractivity contribution < 1.29 is 9.59 Å². The Morgan fingerprint density at radius 1 is 1.15 bits per heavy atom. The Labute approximate surface area is 157 Å². The molecule has 1 aliphatic rings. The number of nitrogens with zero attached hydrogens (tertiary/aromatic N) is 3. The molecule has 2 aromatic carbocycles. The second-order valence-corrected chi connectivity index (χ2v) is 6.52. The van der Waals surface area contributed by atoms with Crippen LogP contribution in [0.25, 0.3) is 0 Å². The van der Waals surface area contributed by atoms with Crippen molar-refractivity contribution in [1.82, 2.24) is 10.2 Å². The third kappa shape index (κ3) is 3.96. The number of likely N-dealkylation sites (tertiary alicyclic amines) is 1. The predicted molar refractivity (Wildman–Crippen MR) is 98.3 cm³/mol. The summed E-state index contributed by atoms with van der Waals surface area (Å²) in [6.07, 6.45) is 0.552. The molecule has 0 bridgehead atoms. The number of hydrogen-bond acceptors (Lipinski definition) is 4. The minimum Gasteiger partial charge on any atom is -0.340 e. The Kier molecular flexibility index (Phi) is 5.19. The van der Waals surface area contributed by atoms with E-state index < -0.39 is 6.04 Å². The highest BCUT2D eigenvalue weighted by Crippen LogP contribution is 2.17. The molecule has 3 rings (SSSR count). The van der Waals surface area contributed by atoms with E-state index in [0.717, 1.165) is 5.56 Å². The average Bonchev–Trinajstić information content (AvgIpc) is 3.01. The molecular formula is C21H18N4O2. The van der Waals surface area contributed by atoms with Gasteiger partial charge in [-0.25, -0.2) is 0 Å². The van der Waals surface area contributed by atoms with Crippen LogP contribution in [0.2, 0.25) is 0 Å². The number of hydrogen-bond donors (Lipinski definition) is 1. The molecule has 1 unspecified atom stereocenters.